The van der Waals surface area contributed by atoms with Gasteiger partial charge in [0.1, 0.15) is 5.82 Å². The summed E-state index contributed by atoms with van der Waals surface area (Å²) in [4.78, 5) is 18.2. The van der Waals surface area contributed by atoms with Crippen LogP contribution >= 0.6 is 0 Å². The minimum atomic E-state index is 0.851. The van der Waals surface area contributed by atoms with Crippen LogP contribution < -0.4 is 10.2 Å². The Morgan fingerprint density at radius 2 is 1.67 bits per heavy atom. The fraction of sp³-hybridized carbons (Fsp3) is 0.381. The number of aromatic nitrogens is 3. The van der Waals surface area contributed by atoms with Gasteiger partial charge < -0.3 is 10.2 Å². The highest BCUT2D eigenvalue weighted by atomic mass is 15.3. The summed E-state index contributed by atoms with van der Waals surface area (Å²) in [5, 5.41) is 4.63. The van der Waals surface area contributed by atoms with E-state index in [0.29, 0.717) is 0 Å². The molecule has 0 radical (unpaired) electrons. The van der Waals surface area contributed by atoms with Crippen molar-refractivity contribution in [2.45, 2.75) is 12.8 Å². The minimum absolute atomic E-state index is 0.851. The molecule has 1 aromatic carbocycles. The van der Waals surface area contributed by atoms with Crippen LogP contribution in [-0.4, -0.2) is 59.1 Å². The van der Waals surface area contributed by atoms with Crippen molar-refractivity contribution < 1.29 is 0 Å². The van der Waals surface area contributed by atoms with E-state index in [4.69, 9.17) is 0 Å². The Morgan fingerprint density at radius 3 is 2.52 bits per heavy atom. The first-order valence-electron chi connectivity index (χ1n) is 9.72. The van der Waals surface area contributed by atoms with E-state index in [1.165, 1.54) is 11.8 Å². The fourth-order valence-electron chi connectivity index (χ4n) is 3.47. The number of nitrogens with zero attached hydrogens (tertiary/aromatic N) is 5. The number of piperazine rings is 1. The van der Waals surface area contributed by atoms with Gasteiger partial charge in [0.05, 0.1) is 5.52 Å². The first-order valence-corrected chi connectivity index (χ1v) is 9.72. The summed E-state index contributed by atoms with van der Waals surface area (Å²) in [6.45, 7) is 6.28. The third kappa shape index (κ3) is 4.71. The number of hydrogen-bond acceptors (Lipinski definition) is 6. The van der Waals surface area contributed by atoms with Crippen LogP contribution in [0, 0.1) is 0 Å². The Balaban J connectivity index is 1.14. The van der Waals surface area contributed by atoms with Crippen LogP contribution in [0.5, 0.6) is 0 Å². The van der Waals surface area contributed by atoms with Crippen molar-refractivity contribution in [3.63, 3.8) is 0 Å². The van der Waals surface area contributed by atoms with E-state index in [1.807, 2.05) is 30.6 Å². The number of fused-ring (bicyclic) bond motifs is 1. The number of anilines is 2. The van der Waals surface area contributed by atoms with Crippen molar-refractivity contribution in [2.75, 3.05) is 49.5 Å². The Morgan fingerprint density at radius 1 is 0.852 bits per heavy atom. The fourth-order valence-corrected chi connectivity index (χ4v) is 3.47. The van der Waals surface area contributed by atoms with Crippen LogP contribution in [0.4, 0.5) is 11.8 Å². The Bertz CT molecular complexity index is 845. The summed E-state index contributed by atoms with van der Waals surface area (Å²) in [6.07, 6.45) is 5.97. The zero-order valence-corrected chi connectivity index (χ0v) is 15.6. The topological polar surface area (TPSA) is 57.2 Å². The molecule has 2 aromatic heterocycles. The Labute approximate surface area is 160 Å². The first-order chi connectivity index (χ1) is 13.4. The molecular formula is C21H26N6. The molecule has 1 saturated heterocycles. The lowest BCUT2D eigenvalue weighted by atomic mass is 10.2. The molecule has 0 saturated carbocycles. The zero-order valence-electron chi connectivity index (χ0n) is 15.6. The van der Waals surface area contributed by atoms with Gasteiger partial charge in [0.2, 0.25) is 5.95 Å². The van der Waals surface area contributed by atoms with Crippen LogP contribution in [0.1, 0.15) is 12.8 Å². The maximum Gasteiger partial charge on any atom is 0.225 e. The second-order valence-electron chi connectivity index (χ2n) is 6.90. The molecule has 3 heterocycles. The Hall–Kier alpha value is -2.73. The van der Waals surface area contributed by atoms with Gasteiger partial charge in [0.15, 0.2) is 0 Å². The maximum atomic E-state index is 4.66. The molecule has 6 heteroatoms. The first kappa shape index (κ1) is 17.7. The van der Waals surface area contributed by atoms with Gasteiger partial charge in [-0.3, -0.25) is 4.90 Å². The van der Waals surface area contributed by atoms with Gasteiger partial charge in [0.25, 0.3) is 0 Å². The van der Waals surface area contributed by atoms with Crippen molar-refractivity contribution >= 4 is 22.7 Å². The summed E-state index contributed by atoms with van der Waals surface area (Å²) in [6, 6.07) is 14.3. The summed E-state index contributed by atoms with van der Waals surface area (Å²) < 4.78 is 0. The number of hydrogen-bond donors (Lipinski definition) is 1. The maximum absolute atomic E-state index is 4.66. The molecule has 0 amide bonds. The average Bonchev–Trinajstić information content (AvgIpc) is 2.74. The zero-order chi connectivity index (χ0) is 18.3. The van der Waals surface area contributed by atoms with E-state index in [-0.39, 0.29) is 0 Å². The molecule has 6 nitrogen and oxygen atoms in total. The number of rotatable bonds is 7. The van der Waals surface area contributed by atoms with E-state index < -0.39 is 0 Å². The summed E-state index contributed by atoms with van der Waals surface area (Å²) in [5.41, 5.74) is 1.04. The molecular weight excluding hydrogens is 336 g/mol. The standard InChI is InChI=1S/C21H26N6/c1-2-7-19-18(6-1)8-9-20(25-19)22-10-3-4-13-26-14-16-27(17-15-26)21-23-11-5-12-24-21/h1-2,5-9,11-12H,3-4,10,13-17H2,(H,22,25). The molecule has 0 spiro atoms. The number of para-hydroxylation sites is 1. The van der Waals surface area contributed by atoms with Crippen molar-refractivity contribution in [1.82, 2.24) is 19.9 Å². The van der Waals surface area contributed by atoms with Crippen LogP contribution in [-0.2, 0) is 0 Å². The third-order valence-corrected chi connectivity index (χ3v) is 5.01. The monoisotopic (exact) mass is 362 g/mol. The van der Waals surface area contributed by atoms with Crippen LogP contribution in [0.2, 0.25) is 0 Å². The van der Waals surface area contributed by atoms with Crippen molar-refractivity contribution in [2.24, 2.45) is 0 Å². The highest BCUT2D eigenvalue weighted by molar-refractivity contribution is 5.79. The van der Waals surface area contributed by atoms with Crippen molar-refractivity contribution in [3.8, 4) is 0 Å². The number of benzene rings is 1. The van der Waals surface area contributed by atoms with Gasteiger partial charge >= 0.3 is 0 Å². The number of nitrogens with one attached hydrogen (secondary N) is 1. The summed E-state index contributed by atoms with van der Waals surface area (Å²) in [5.74, 6) is 1.81. The van der Waals surface area contributed by atoms with Gasteiger partial charge in [0, 0.05) is 50.5 Å². The minimum Gasteiger partial charge on any atom is -0.370 e. The molecule has 0 bridgehead atoms. The molecule has 3 aromatic rings. The van der Waals surface area contributed by atoms with Crippen LogP contribution in [0.15, 0.2) is 54.9 Å². The summed E-state index contributed by atoms with van der Waals surface area (Å²) >= 11 is 0. The normalized spacial score (nSPS) is 15.2. The van der Waals surface area contributed by atoms with E-state index in [9.17, 15) is 0 Å². The molecule has 0 aliphatic carbocycles. The molecule has 0 atom stereocenters. The lowest BCUT2D eigenvalue weighted by Crippen LogP contribution is -2.47. The molecule has 1 N–H and O–H groups in total. The van der Waals surface area contributed by atoms with E-state index in [0.717, 1.165) is 63.0 Å². The van der Waals surface area contributed by atoms with Crippen molar-refractivity contribution in [1.29, 1.82) is 0 Å². The van der Waals surface area contributed by atoms with E-state index >= 15 is 0 Å². The highest BCUT2D eigenvalue weighted by Crippen LogP contribution is 2.15. The predicted octanol–water partition coefficient (Wildman–Crippen LogP) is 3.04. The molecule has 1 aliphatic heterocycles. The van der Waals surface area contributed by atoms with Gasteiger partial charge in [-0.1, -0.05) is 18.2 Å². The third-order valence-electron chi connectivity index (χ3n) is 5.01. The van der Waals surface area contributed by atoms with Gasteiger partial charge in [-0.2, -0.15) is 0 Å². The lowest BCUT2D eigenvalue weighted by Gasteiger charge is -2.34. The second-order valence-corrected chi connectivity index (χ2v) is 6.90. The largest absolute Gasteiger partial charge is 0.370 e. The quantitative estimate of drug-likeness (QED) is 0.652. The van der Waals surface area contributed by atoms with Gasteiger partial charge in [-0.15, -0.1) is 0 Å². The molecule has 1 aliphatic rings. The van der Waals surface area contributed by atoms with Crippen LogP contribution in [0.25, 0.3) is 10.9 Å². The molecule has 4 rings (SSSR count). The number of pyridine rings is 1. The predicted molar refractivity (Wildman–Crippen MR) is 110 cm³/mol. The molecule has 0 unspecified atom stereocenters. The molecule has 1 fully saturated rings. The smallest absolute Gasteiger partial charge is 0.225 e. The van der Waals surface area contributed by atoms with E-state index in [2.05, 4.69) is 54.3 Å². The molecule has 140 valence electrons. The van der Waals surface area contributed by atoms with Crippen molar-refractivity contribution in [3.05, 3.63) is 54.9 Å². The SMILES string of the molecule is c1cnc(N2CCN(CCCCNc3ccc4ccccc4n3)CC2)nc1. The highest BCUT2D eigenvalue weighted by Gasteiger charge is 2.17. The lowest BCUT2D eigenvalue weighted by molar-refractivity contribution is 0.252. The average molecular weight is 362 g/mol. The van der Waals surface area contributed by atoms with Gasteiger partial charge in [-0.05, 0) is 43.7 Å². The second kappa shape index (κ2) is 8.77. The van der Waals surface area contributed by atoms with E-state index in [1.54, 1.807) is 0 Å². The van der Waals surface area contributed by atoms with Crippen LogP contribution in [0.3, 0.4) is 0 Å². The summed E-state index contributed by atoms with van der Waals surface area (Å²) in [7, 11) is 0. The Kier molecular flexibility index (Phi) is 5.74. The molecule has 27 heavy (non-hydrogen) atoms. The number of unbranched alkanes of at least 4 members (excludes halogenated alkanes) is 1. The van der Waals surface area contributed by atoms with Gasteiger partial charge in [-0.25, -0.2) is 15.0 Å².